The second-order valence-corrected chi connectivity index (χ2v) is 3.17. The molecule has 0 aromatic heterocycles. The number of carboxylic acid groups (broad SMARTS) is 1. The number of aromatic hydroxyl groups is 1. The monoisotopic (exact) mass is 241 g/mol. The van der Waals surface area contributed by atoms with Gasteiger partial charge in [-0.25, -0.2) is 9.59 Å². The fraction of sp³-hybridized carbons (Fsp3) is 0.200. The molecule has 17 heavy (non-hydrogen) atoms. The second kappa shape index (κ2) is 5.28. The third kappa shape index (κ3) is 2.92. The molecule has 7 heteroatoms. The topological polar surface area (TPSA) is 130 Å². The van der Waals surface area contributed by atoms with Crippen LogP contribution in [0, 0.1) is 0 Å². The lowest BCUT2D eigenvalue weighted by molar-refractivity contribution is -0.136. The first-order valence-corrected chi connectivity index (χ1v) is 4.60. The van der Waals surface area contributed by atoms with Gasteiger partial charge in [0.15, 0.2) is 11.5 Å². The van der Waals surface area contributed by atoms with Crippen molar-refractivity contribution in [2.24, 2.45) is 5.73 Å². The van der Waals surface area contributed by atoms with Crippen LogP contribution in [-0.2, 0) is 4.79 Å². The maximum Gasteiger partial charge on any atom is 0.339 e. The molecule has 0 saturated carbocycles. The largest absolute Gasteiger partial charge is 0.504 e. The van der Waals surface area contributed by atoms with Gasteiger partial charge in [-0.1, -0.05) is 6.07 Å². The first-order chi connectivity index (χ1) is 7.97. The van der Waals surface area contributed by atoms with Crippen LogP contribution in [-0.4, -0.2) is 39.9 Å². The van der Waals surface area contributed by atoms with Gasteiger partial charge in [-0.15, -0.1) is 0 Å². The van der Waals surface area contributed by atoms with Gasteiger partial charge in [0.25, 0.3) is 0 Å². The number of carbonyl (C=O) groups is 2. The molecule has 0 aliphatic heterocycles. The summed E-state index contributed by atoms with van der Waals surface area (Å²) in [4.78, 5) is 21.9. The minimum atomic E-state index is -1.35. The molecule has 0 saturated heterocycles. The molecular weight excluding hydrogens is 230 g/mol. The molecule has 7 nitrogen and oxygen atoms in total. The predicted octanol–water partition coefficient (Wildman–Crippen LogP) is -0.685. The Bertz CT molecular complexity index is 444. The third-order valence-corrected chi connectivity index (χ3v) is 1.94. The van der Waals surface area contributed by atoms with E-state index < -0.39 is 35.9 Å². The zero-order valence-electron chi connectivity index (χ0n) is 8.66. The molecule has 1 atom stereocenters. The van der Waals surface area contributed by atoms with Gasteiger partial charge in [-0.05, 0) is 12.1 Å². The molecule has 0 fully saturated rings. The quantitative estimate of drug-likeness (QED) is 0.405. The summed E-state index contributed by atoms with van der Waals surface area (Å²) in [6.45, 7) is -0.613. The summed E-state index contributed by atoms with van der Waals surface area (Å²) in [5.41, 5.74) is 4.79. The minimum absolute atomic E-state index is 0.321. The maximum atomic E-state index is 11.2. The minimum Gasteiger partial charge on any atom is -0.504 e. The number of ether oxygens (including phenoxy) is 1. The lowest BCUT2D eigenvalue weighted by Gasteiger charge is -2.10. The average molecular weight is 241 g/mol. The molecule has 0 amide bonds. The molecule has 5 N–H and O–H groups in total. The van der Waals surface area contributed by atoms with E-state index in [-0.39, 0.29) is 5.75 Å². The molecule has 1 rings (SSSR count). The fourth-order valence-corrected chi connectivity index (χ4v) is 1.04. The predicted molar refractivity (Wildman–Crippen MR) is 55.8 cm³/mol. The molecule has 0 aliphatic rings. The number of para-hydroxylation sites is 1. The number of aliphatic hydroxyl groups is 1. The number of phenols is 1. The highest BCUT2D eigenvalue weighted by Crippen LogP contribution is 2.29. The number of esters is 1. The van der Waals surface area contributed by atoms with E-state index in [4.69, 9.17) is 15.9 Å². The van der Waals surface area contributed by atoms with Crippen molar-refractivity contribution in [1.29, 1.82) is 0 Å². The van der Waals surface area contributed by atoms with Crippen LogP contribution in [0.15, 0.2) is 18.2 Å². The van der Waals surface area contributed by atoms with Crippen LogP contribution in [0.25, 0.3) is 0 Å². The number of benzene rings is 1. The van der Waals surface area contributed by atoms with E-state index in [0.29, 0.717) is 0 Å². The van der Waals surface area contributed by atoms with Crippen LogP contribution in [0.2, 0.25) is 0 Å². The number of carbonyl (C=O) groups excluding carboxylic acids is 1. The maximum absolute atomic E-state index is 11.2. The van der Waals surface area contributed by atoms with Gasteiger partial charge in [0, 0.05) is 0 Å². The molecule has 92 valence electrons. The number of aromatic carboxylic acids is 1. The highest BCUT2D eigenvalue weighted by atomic mass is 16.5. The highest BCUT2D eigenvalue weighted by Gasteiger charge is 2.19. The number of hydrogen-bond acceptors (Lipinski definition) is 6. The summed E-state index contributed by atoms with van der Waals surface area (Å²) in [5.74, 6) is -3.31. The number of rotatable bonds is 4. The SMILES string of the molecule is NC(CO)C(=O)Oc1cccc(C(=O)O)c1O. The molecule has 0 radical (unpaired) electrons. The molecule has 0 bridgehead atoms. The van der Waals surface area contributed by atoms with Crippen molar-refractivity contribution in [1.82, 2.24) is 0 Å². The van der Waals surface area contributed by atoms with Gasteiger partial charge in [0.1, 0.15) is 11.6 Å². The average Bonchev–Trinajstić information content (AvgIpc) is 2.30. The van der Waals surface area contributed by atoms with Crippen LogP contribution in [0.3, 0.4) is 0 Å². The van der Waals surface area contributed by atoms with Crippen molar-refractivity contribution in [2.75, 3.05) is 6.61 Å². The summed E-state index contributed by atoms with van der Waals surface area (Å²) < 4.78 is 4.65. The molecular formula is C10H11NO6. The van der Waals surface area contributed by atoms with Crippen LogP contribution in [0.1, 0.15) is 10.4 Å². The van der Waals surface area contributed by atoms with E-state index in [2.05, 4.69) is 4.74 Å². The van der Waals surface area contributed by atoms with Crippen LogP contribution >= 0.6 is 0 Å². The summed E-state index contributed by atoms with van der Waals surface area (Å²) in [5, 5.41) is 26.8. The Balaban J connectivity index is 2.96. The van der Waals surface area contributed by atoms with E-state index in [1.165, 1.54) is 12.1 Å². The Morgan fingerprint density at radius 1 is 1.41 bits per heavy atom. The van der Waals surface area contributed by atoms with E-state index in [9.17, 15) is 14.7 Å². The third-order valence-electron chi connectivity index (χ3n) is 1.94. The van der Waals surface area contributed by atoms with Crippen LogP contribution in [0.4, 0.5) is 0 Å². The smallest absolute Gasteiger partial charge is 0.339 e. The molecule has 1 unspecified atom stereocenters. The second-order valence-electron chi connectivity index (χ2n) is 3.17. The highest BCUT2D eigenvalue weighted by molar-refractivity contribution is 5.92. The van der Waals surface area contributed by atoms with E-state index >= 15 is 0 Å². The van der Waals surface area contributed by atoms with Gasteiger partial charge in [0.2, 0.25) is 0 Å². The molecule has 1 aromatic carbocycles. The van der Waals surface area contributed by atoms with Gasteiger partial charge >= 0.3 is 11.9 Å². The number of hydrogen-bond donors (Lipinski definition) is 4. The number of carboxylic acids is 1. The Kier molecular flexibility index (Phi) is 4.02. The first-order valence-electron chi connectivity index (χ1n) is 4.60. The van der Waals surface area contributed by atoms with Crippen molar-refractivity contribution in [3.63, 3.8) is 0 Å². The summed E-state index contributed by atoms with van der Waals surface area (Å²) in [6, 6.07) is 2.42. The standard InChI is InChI=1S/C10H11NO6/c11-6(4-12)10(16)17-7-3-1-2-5(8(7)13)9(14)15/h1-3,6,12-13H,4,11H2,(H,14,15). The van der Waals surface area contributed by atoms with E-state index in [1.54, 1.807) is 0 Å². The van der Waals surface area contributed by atoms with Crippen molar-refractivity contribution in [2.45, 2.75) is 6.04 Å². The van der Waals surface area contributed by atoms with Crippen LogP contribution in [0.5, 0.6) is 11.5 Å². The molecule has 0 spiro atoms. The van der Waals surface area contributed by atoms with Gasteiger partial charge in [-0.2, -0.15) is 0 Å². The van der Waals surface area contributed by atoms with Crippen molar-refractivity contribution >= 4 is 11.9 Å². The van der Waals surface area contributed by atoms with E-state index in [0.717, 1.165) is 6.07 Å². The summed E-state index contributed by atoms with van der Waals surface area (Å²) in [6.07, 6.45) is 0. The van der Waals surface area contributed by atoms with Gasteiger partial charge in [-0.3, -0.25) is 0 Å². The van der Waals surface area contributed by atoms with Crippen molar-refractivity contribution in [3.05, 3.63) is 23.8 Å². The zero-order chi connectivity index (χ0) is 13.0. The Labute approximate surface area is 96.1 Å². The van der Waals surface area contributed by atoms with Gasteiger partial charge in [0.05, 0.1) is 6.61 Å². The van der Waals surface area contributed by atoms with Crippen molar-refractivity contribution < 1.29 is 29.6 Å². The zero-order valence-corrected chi connectivity index (χ0v) is 8.66. The first kappa shape index (κ1) is 12.9. The Hall–Kier alpha value is -2.12. The molecule has 1 aromatic rings. The lowest BCUT2D eigenvalue weighted by Crippen LogP contribution is -2.37. The number of nitrogens with two attached hydrogens (primary N) is 1. The lowest BCUT2D eigenvalue weighted by atomic mass is 10.2. The summed E-state index contributed by atoms with van der Waals surface area (Å²) >= 11 is 0. The fourth-order valence-electron chi connectivity index (χ4n) is 1.04. The van der Waals surface area contributed by atoms with Crippen molar-refractivity contribution in [3.8, 4) is 11.5 Å². The Morgan fingerprint density at radius 2 is 2.06 bits per heavy atom. The molecule has 0 aliphatic carbocycles. The normalized spacial score (nSPS) is 11.9. The summed E-state index contributed by atoms with van der Waals surface area (Å²) in [7, 11) is 0. The van der Waals surface area contributed by atoms with Gasteiger partial charge < -0.3 is 25.8 Å². The molecule has 0 heterocycles. The van der Waals surface area contributed by atoms with E-state index in [1.807, 2.05) is 0 Å². The Morgan fingerprint density at radius 3 is 2.59 bits per heavy atom. The van der Waals surface area contributed by atoms with Crippen LogP contribution < -0.4 is 10.5 Å². The number of aliphatic hydroxyl groups excluding tert-OH is 1.